The van der Waals surface area contributed by atoms with Crippen molar-refractivity contribution in [3.63, 3.8) is 0 Å². The Hall–Kier alpha value is -3.35. The molecule has 0 radical (unpaired) electrons. The molecule has 0 aromatic heterocycles. The molecule has 0 spiro atoms. The van der Waals surface area contributed by atoms with Crippen molar-refractivity contribution in [1.29, 1.82) is 0 Å². The fourth-order valence-electron chi connectivity index (χ4n) is 3.16. The largest absolute Gasteiger partial charge is 0.473 e. The minimum Gasteiger partial charge on any atom is -0.473 e. The lowest BCUT2D eigenvalue weighted by Gasteiger charge is -2.34. The van der Waals surface area contributed by atoms with E-state index in [1.807, 2.05) is 0 Å². The Morgan fingerprint density at radius 2 is 1.39 bits per heavy atom. The van der Waals surface area contributed by atoms with Gasteiger partial charge < -0.3 is 10.2 Å². The van der Waals surface area contributed by atoms with Gasteiger partial charge in [-0.15, -0.1) is 0 Å². The lowest BCUT2D eigenvalue weighted by molar-refractivity contribution is -0.384. The summed E-state index contributed by atoms with van der Waals surface area (Å²) < 4.78 is 26.9. The summed E-state index contributed by atoms with van der Waals surface area (Å²) in [6.45, 7) is 5.05. The number of carbonyl (C=O) groups is 2. The molecule has 2 aromatic rings. The number of hydrogen-bond acceptors (Lipinski definition) is 7. The van der Waals surface area contributed by atoms with Gasteiger partial charge in [-0.3, -0.25) is 15.0 Å². The molecule has 1 saturated heterocycles. The molecule has 0 bridgehead atoms. The first-order chi connectivity index (χ1) is 15.5. The van der Waals surface area contributed by atoms with Gasteiger partial charge in [0.05, 0.1) is 9.82 Å². The summed E-state index contributed by atoms with van der Waals surface area (Å²) >= 11 is 0. The summed E-state index contributed by atoms with van der Waals surface area (Å²) in [6.07, 6.45) is 1.01. The Labute approximate surface area is 191 Å². The third kappa shape index (κ3) is 7.34. The predicted octanol–water partition coefficient (Wildman–Crippen LogP) is 1.82. The second kappa shape index (κ2) is 11.5. The van der Waals surface area contributed by atoms with Crippen molar-refractivity contribution >= 4 is 27.6 Å². The number of aryl methyl sites for hydroxylation is 1. The molecular weight excluding hydrogens is 454 g/mol. The van der Waals surface area contributed by atoms with Gasteiger partial charge in [0.1, 0.15) is 0 Å². The van der Waals surface area contributed by atoms with E-state index in [0.29, 0.717) is 26.2 Å². The topological polar surface area (TPSA) is 158 Å². The van der Waals surface area contributed by atoms with Crippen LogP contribution in [0.4, 0.5) is 5.69 Å². The first-order valence-electron chi connectivity index (χ1n) is 10.1. The van der Waals surface area contributed by atoms with Gasteiger partial charge >= 0.3 is 11.9 Å². The quantitative estimate of drug-likeness (QED) is 0.358. The van der Waals surface area contributed by atoms with E-state index in [-0.39, 0.29) is 10.6 Å². The van der Waals surface area contributed by atoms with Crippen LogP contribution in [0.2, 0.25) is 0 Å². The molecule has 1 aliphatic heterocycles. The standard InChI is InChI=1S/C19H23N3O4S.C2H2O4/c1-2-16-3-5-17(6-4-16)15-20-11-13-21(14-12-20)27(25,26)19-9-7-18(8-10-19)22(23)24;3-1(4)2(5)6/h3-10H,2,11-15H2,1H3;(H,3,4)(H,5,6). The Kier molecular flexibility index (Phi) is 9.02. The summed E-state index contributed by atoms with van der Waals surface area (Å²) in [4.78, 5) is 30.7. The molecule has 0 amide bonds. The number of carboxylic acids is 2. The number of hydrogen-bond donors (Lipinski definition) is 2. The van der Waals surface area contributed by atoms with Gasteiger partial charge in [0, 0.05) is 44.9 Å². The van der Waals surface area contributed by atoms with Crippen molar-refractivity contribution in [2.45, 2.75) is 24.8 Å². The predicted molar refractivity (Wildman–Crippen MR) is 118 cm³/mol. The Bertz CT molecular complexity index is 1070. The number of carboxylic acid groups (broad SMARTS) is 2. The third-order valence-electron chi connectivity index (χ3n) is 5.04. The molecule has 0 aliphatic carbocycles. The summed E-state index contributed by atoms with van der Waals surface area (Å²) in [5, 5.41) is 25.5. The molecule has 0 saturated carbocycles. The highest BCUT2D eigenvalue weighted by Crippen LogP contribution is 2.21. The van der Waals surface area contributed by atoms with E-state index in [1.165, 1.54) is 39.7 Å². The van der Waals surface area contributed by atoms with Crippen LogP contribution in [0.15, 0.2) is 53.4 Å². The Morgan fingerprint density at radius 3 is 1.82 bits per heavy atom. The van der Waals surface area contributed by atoms with Gasteiger partial charge in [-0.25, -0.2) is 18.0 Å². The number of aliphatic carboxylic acids is 2. The van der Waals surface area contributed by atoms with Crippen molar-refractivity contribution in [2.24, 2.45) is 0 Å². The summed E-state index contributed by atoms with van der Waals surface area (Å²) in [7, 11) is -3.63. The van der Waals surface area contributed by atoms with Crippen LogP contribution in [-0.4, -0.2) is 70.9 Å². The molecule has 178 valence electrons. The smallest absolute Gasteiger partial charge is 0.414 e. The maximum absolute atomic E-state index is 12.7. The highest BCUT2D eigenvalue weighted by atomic mass is 32.2. The van der Waals surface area contributed by atoms with Crippen LogP contribution in [0, 0.1) is 10.1 Å². The molecule has 0 atom stereocenters. The maximum Gasteiger partial charge on any atom is 0.414 e. The summed E-state index contributed by atoms with van der Waals surface area (Å²) in [5.74, 6) is -3.65. The molecule has 3 rings (SSSR count). The molecule has 2 N–H and O–H groups in total. The molecule has 11 nitrogen and oxygen atoms in total. The van der Waals surface area contributed by atoms with Crippen molar-refractivity contribution in [3.05, 3.63) is 69.8 Å². The minimum atomic E-state index is -3.63. The lowest BCUT2D eigenvalue weighted by Crippen LogP contribution is -2.48. The molecule has 1 aliphatic rings. The molecule has 12 heteroatoms. The first-order valence-corrected chi connectivity index (χ1v) is 11.5. The second-order valence-corrected chi connectivity index (χ2v) is 9.15. The van der Waals surface area contributed by atoms with Crippen LogP contribution in [0.25, 0.3) is 0 Å². The number of benzene rings is 2. The summed E-state index contributed by atoms with van der Waals surface area (Å²) in [6, 6.07) is 13.6. The van der Waals surface area contributed by atoms with E-state index in [1.54, 1.807) is 0 Å². The highest BCUT2D eigenvalue weighted by molar-refractivity contribution is 7.89. The Balaban J connectivity index is 0.000000569. The number of nitro benzene ring substituents is 1. The van der Waals surface area contributed by atoms with Crippen LogP contribution >= 0.6 is 0 Å². The van der Waals surface area contributed by atoms with E-state index in [9.17, 15) is 18.5 Å². The van der Waals surface area contributed by atoms with Crippen LogP contribution in [-0.2, 0) is 32.6 Å². The maximum atomic E-state index is 12.7. The van der Waals surface area contributed by atoms with Crippen molar-refractivity contribution in [3.8, 4) is 0 Å². The normalized spacial score (nSPS) is 14.7. The second-order valence-electron chi connectivity index (χ2n) is 7.21. The molecule has 1 fully saturated rings. The highest BCUT2D eigenvalue weighted by Gasteiger charge is 2.28. The van der Waals surface area contributed by atoms with Gasteiger partial charge in [-0.2, -0.15) is 4.31 Å². The van der Waals surface area contributed by atoms with E-state index in [4.69, 9.17) is 19.8 Å². The average molecular weight is 480 g/mol. The van der Waals surface area contributed by atoms with Crippen molar-refractivity contribution in [1.82, 2.24) is 9.21 Å². The molecular formula is C21H25N3O8S. The van der Waals surface area contributed by atoms with Gasteiger partial charge in [0.15, 0.2) is 0 Å². The zero-order chi connectivity index (χ0) is 24.6. The zero-order valence-electron chi connectivity index (χ0n) is 18.0. The first kappa shape index (κ1) is 25.9. The number of rotatable bonds is 6. The molecule has 2 aromatic carbocycles. The van der Waals surface area contributed by atoms with Gasteiger partial charge in [0.25, 0.3) is 5.69 Å². The van der Waals surface area contributed by atoms with Crippen LogP contribution in [0.1, 0.15) is 18.1 Å². The van der Waals surface area contributed by atoms with Gasteiger partial charge in [0.2, 0.25) is 10.0 Å². The monoisotopic (exact) mass is 479 g/mol. The van der Waals surface area contributed by atoms with Gasteiger partial charge in [-0.05, 0) is 29.7 Å². The number of non-ortho nitro benzene ring substituents is 1. The van der Waals surface area contributed by atoms with Crippen molar-refractivity contribution < 1.29 is 33.1 Å². The Morgan fingerprint density at radius 1 is 0.909 bits per heavy atom. The van der Waals surface area contributed by atoms with E-state index >= 15 is 0 Å². The number of nitrogens with zero attached hydrogens (tertiary/aromatic N) is 3. The molecule has 0 unspecified atom stereocenters. The fourth-order valence-corrected chi connectivity index (χ4v) is 4.58. The van der Waals surface area contributed by atoms with Crippen LogP contribution in [0.3, 0.4) is 0 Å². The number of nitro groups is 1. The van der Waals surface area contributed by atoms with E-state index in [2.05, 4.69) is 36.1 Å². The third-order valence-corrected chi connectivity index (χ3v) is 6.95. The molecule has 33 heavy (non-hydrogen) atoms. The SMILES string of the molecule is CCc1ccc(CN2CCN(S(=O)(=O)c3ccc([N+](=O)[O-])cc3)CC2)cc1.O=C(O)C(=O)O. The fraction of sp³-hybridized carbons (Fsp3) is 0.333. The van der Waals surface area contributed by atoms with Crippen LogP contribution < -0.4 is 0 Å². The zero-order valence-corrected chi connectivity index (χ0v) is 18.8. The van der Waals surface area contributed by atoms with E-state index in [0.717, 1.165) is 13.0 Å². The average Bonchev–Trinajstić information content (AvgIpc) is 2.80. The lowest BCUT2D eigenvalue weighted by atomic mass is 10.1. The summed E-state index contributed by atoms with van der Waals surface area (Å²) in [5.41, 5.74) is 2.41. The van der Waals surface area contributed by atoms with E-state index < -0.39 is 26.9 Å². The van der Waals surface area contributed by atoms with Crippen LogP contribution in [0.5, 0.6) is 0 Å². The van der Waals surface area contributed by atoms with Crippen molar-refractivity contribution in [2.75, 3.05) is 26.2 Å². The molecule has 1 heterocycles. The number of sulfonamides is 1. The minimum absolute atomic E-state index is 0.0942. The van der Waals surface area contributed by atoms with Gasteiger partial charge in [-0.1, -0.05) is 31.2 Å². The number of piperazine rings is 1.